The normalized spacial score (nSPS) is 23.6. The average molecular weight is 313 g/mol. The molecule has 1 aliphatic rings. The van der Waals surface area contributed by atoms with Crippen LogP contribution in [0.4, 0.5) is 0 Å². The van der Waals surface area contributed by atoms with Crippen LogP contribution in [0.1, 0.15) is 37.5 Å². The summed E-state index contributed by atoms with van der Waals surface area (Å²) in [6.07, 6.45) is 0.481. The second-order valence-corrected chi connectivity index (χ2v) is 7.28. The first-order valence-corrected chi connectivity index (χ1v) is 8.97. The Morgan fingerprint density at radius 2 is 1.90 bits per heavy atom. The van der Waals surface area contributed by atoms with E-state index in [2.05, 4.69) is 13.0 Å². The molecule has 0 radical (unpaired) electrons. The number of hydrogen-bond donors (Lipinski definition) is 0. The molecule has 0 aromatic heterocycles. The van der Waals surface area contributed by atoms with Gasteiger partial charge < -0.3 is 9.05 Å². The fourth-order valence-corrected chi connectivity index (χ4v) is 4.72. The Morgan fingerprint density at radius 1 is 1.29 bits per heavy atom. The van der Waals surface area contributed by atoms with Crippen molar-refractivity contribution in [3.8, 4) is 0 Å². The van der Waals surface area contributed by atoms with Gasteiger partial charge in [-0.25, -0.2) is 0 Å². The van der Waals surface area contributed by atoms with Crippen molar-refractivity contribution in [3.63, 3.8) is 0 Å². The minimum atomic E-state index is -3.20. The summed E-state index contributed by atoms with van der Waals surface area (Å²) >= 11 is 0. The van der Waals surface area contributed by atoms with Gasteiger partial charge in [-0.3, -0.25) is 9.40 Å². The van der Waals surface area contributed by atoms with Gasteiger partial charge >= 0.3 is 7.60 Å². The molecular weight excluding hydrogens is 289 g/mol. The molecule has 1 aliphatic heterocycles. The van der Waals surface area contributed by atoms with E-state index in [9.17, 15) is 4.57 Å². The van der Waals surface area contributed by atoms with Crippen LogP contribution >= 0.6 is 7.60 Å². The molecule has 2 rings (SSSR count). The van der Waals surface area contributed by atoms with Gasteiger partial charge in [0.05, 0.1) is 13.2 Å². The first-order valence-electron chi connectivity index (χ1n) is 7.35. The molecule has 0 aliphatic carbocycles. The van der Waals surface area contributed by atoms with Gasteiger partial charge in [0, 0.05) is 13.5 Å². The predicted molar refractivity (Wildman–Crippen MR) is 82.0 cm³/mol. The van der Waals surface area contributed by atoms with Crippen molar-refractivity contribution in [2.24, 2.45) is 0 Å². The lowest BCUT2D eigenvalue weighted by Gasteiger charge is -2.25. The van der Waals surface area contributed by atoms with Crippen LogP contribution in [0, 0.1) is 6.92 Å². The maximum Gasteiger partial charge on any atom is 0.350 e. The third-order valence-corrected chi connectivity index (χ3v) is 6.16. The lowest BCUT2D eigenvalue weighted by atomic mass is 10.0. The molecule has 0 spiro atoms. The number of aryl methyl sites for hydroxylation is 1. The standard InChI is InChI=1S/C15H24NO4P/c1-5-18-21(17,19-6-2)15-11-14(20-16(15)4)13-10-8-7-9-12(13)3/h7-10,14-15H,5-6,11H2,1-4H3/t14-,15+/m1/s1. The molecule has 0 saturated carbocycles. The van der Waals surface area contributed by atoms with Gasteiger partial charge in [-0.2, -0.15) is 5.06 Å². The second-order valence-electron chi connectivity index (χ2n) is 5.09. The zero-order chi connectivity index (χ0) is 15.5. The molecule has 1 heterocycles. The summed E-state index contributed by atoms with van der Waals surface area (Å²) in [6.45, 7) is 6.41. The Hall–Kier alpha value is -0.710. The van der Waals surface area contributed by atoms with Gasteiger partial charge in [0.1, 0.15) is 11.9 Å². The van der Waals surface area contributed by atoms with Crippen molar-refractivity contribution in [1.82, 2.24) is 5.06 Å². The Balaban J connectivity index is 2.21. The first kappa shape index (κ1) is 16.7. The molecule has 6 heteroatoms. The zero-order valence-electron chi connectivity index (χ0n) is 13.1. The summed E-state index contributed by atoms with van der Waals surface area (Å²) in [6, 6.07) is 8.09. The van der Waals surface area contributed by atoms with Crippen molar-refractivity contribution in [2.75, 3.05) is 20.3 Å². The molecule has 1 aromatic carbocycles. The Morgan fingerprint density at radius 3 is 2.48 bits per heavy atom. The number of rotatable bonds is 6. The van der Waals surface area contributed by atoms with Crippen LogP contribution in [0.15, 0.2) is 24.3 Å². The largest absolute Gasteiger partial charge is 0.350 e. The summed E-state index contributed by atoms with van der Waals surface area (Å²) < 4.78 is 23.8. The highest BCUT2D eigenvalue weighted by atomic mass is 31.2. The van der Waals surface area contributed by atoms with Crippen LogP contribution in [0.2, 0.25) is 0 Å². The maximum atomic E-state index is 12.9. The van der Waals surface area contributed by atoms with E-state index in [0.717, 1.165) is 5.56 Å². The van der Waals surface area contributed by atoms with E-state index in [1.165, 1.54) is 5.56 Å². The quantitative estimate of drug-likeness (QED) is 0.746. The Labute approximate surface area is 126 Å². The minimum absolute atomic E-state index is 0.115. The Kier molecular flexibility index (Phi) is 5.58. The molecule has 1 fully saturated rings. The molecule has 0 N–H and O–H groups in total. The van der Waals surface area contributed by atoms with Gasteiger partial charge in [0.2, 0.25) is 0 Å². The fourth-order valence-electron chi connectivity index (χ4n) is 2.68. The highest BCUT2D eigenvalue weighted by Crippen LogP contribution is 2.59. The van der Waals surface area contributed by atoms with E-state index >= 15 is 0 Å². The topological polar surface area (TPSA) is 48.0 Å². The Bertz CT molecular complexity index is 512. The average Bonchev–Trinajstić information content (AvgIpc) is 2.82. The molecule has 5 nitrogen and oxygen atoms in total. The molecule has 21 heavy (non-hydrogen) atoms. The molecule has 0 unspecified atom stereocenters. The zero-order valence-corrected chi connectivity index (χ0v) is 14.0. The van der Waals surface area contributed by atoms with Crippen molar-refractivity contribution in [3.05, 3.63) is 35.4 Å². The van der Waals surface area contributed by atoms with Crippen LogP contribution < -0.4 is 0 Å². The van der Waals surface area contributed by atoms with Crippen molar-refractivity contribution in [1.29, 1.82) is 0 Å². The highest BCUT2D eigenvalue weighted by molar-refractivity contribution is 7.54. The molecule has 2 atom stereocenters. The summed E-state index contributed by atoms with van der Waals surface area (Å²) in [5.74, 6) is -0.373. The van der Waals surface area contributed by atoms with Gasteiger partial charge in [-0.1, -0.05) is 24.3 Å². The van der Waals surface area contributed by atoms with Gasteiger partial charge in [0.15, 0.2) is 0 Å². The summed E-state index contributed by atoms with van der Waals surface area (Å²) in [4.78, 5) is 5.88. The lowest BCUT2D eigenvalue weighted by Crippen LogP contribution is -2.25. The molecule has 118 valence electrons. The van der Waals surface area contributed by atoms with E-state index in [-0.39, 0.29) is 11.9 Å². The third-order valence-electron chi connectivity index (χ3n) is 3.66. The van der Waals surface area contributed by atoms with Crippen LogP contribution in [-0.2, 0) is 18.5 Å². The van der Waals surface area contributed by atoms with Crippen LogP contribution in [0.5, 0.6) is 0 Å². The summed E-state index contributed by atoms with van der Waals surface area (Å²) in [7, 11) is -1.41. The van der Waals surface area contributed by atoms with Crippen LogP contribution in [0.3, 0.4) is 0 Å². The van der Waals surface area contributed by atoms with E-state index in [1.807, 2.05) is 32.0 Å². The number of hydroxylamine groups is 2. The van der Waals surface area contributed by atoms with E-state index < -0.39 is 7.60 Å². The van der Waals surface area contributed by atoms with Gasteiger partial charge in [-0.05, 0) is 31.9 Å². The predicted octanol–water partition coefficient (Wildman–Crippen LogP) is 3.90. The van der Waals surface area contributed by atoms with Crippen molar-refractivity contribution < 1.29 is 18.5 Å². The second kappa shape index (κ2) is 7.03. The molecule has 1 saturated heterocycles. The van der Waals surface area contributed by atoms with Crippen molar-refractivity contribution in [2.45, 2.75) is 39.1 Å². The molecule has 1 aromatic rings. The molecule has 0 bridgehead atoms. The van der Waals surface area contributed by atoms with E-state index in [1.54, 1.807) is 12.1 Å². The SMILES string of the molecule is CCOP(=O)(OCC)[C@H]1C[C@H](c2ccccc2C)ON1C. The molecule has 0 amide bonds. The minimum Gasteiger partial charge on any atom is -0.308 e. The maximum absolute atomic E-state index is 12.9. The van der Waals surface area contributed by atoms with E-state index in [0.29, 0.717) is 19.6 Å². The number of nitrogens with zero attached hydrogens (tertiary/aromatic N) is 1. The fraction of sp³-hybridized carbons (Fsp3) is 0.600. The van der Waals surface area contributed by atoms with Crippen molar-refractivity contribution >= 4 is 7.60 Å². The third kappa shape index (κ3) is 3.55. The van der Waals surface area contributed by atoms with Gasteiger partial charge in [-0.15, -0.1) is 0 Å². The first-order chi connectivity index (χ1) is 10.0. The molecular formula is C15H24NO4P. The number of benzene rings is 1. The summed E-state index contributed by atoms with van der Waals surface area (Å²) in [5.41, 5.74) is 2.28. The number of hydrogen-bond acceptors (Lipinski definition) is 5. The van der Waals surface area contributed by atoms with E-state index in [4.69, 9.17) is 13.9 Å². The van der Waals surface area contributed by atoms with Crippen LogP contribution in [0.25, 0.3) is 0 Å². The smallest absolute Gasteiger partial charge is 0.308 e. The summed E-state index contributed by atoms with van der Waals surface area (Å²) in [5, 5.41) is 1.63. The monoisotopic (exact) mass is 313 g/mol. The van der Waals surface area contributed by atoms with Crippen LogP contribution in [-0.4, -0.2) is 31.1 Å². The highest BCUT2D eigenvalue weighted by Gasteiger charge is 2.46. The van der Waals surface area contributed by atoms with Gasteiger partial charge in [0.25, 0.3) is 0 Å². The lowest BCUT2D eigenvalue weighted by molar-refractivity contribution is -0.137.